The van der Waals surface area contributed by atoms with Crippen LogP contribution in [0.4, 0.5) is 0 Å². The molecule has 0 aliphatic carbocycles. The quantitative estimate of drug-likeness (QED) is 0.723. The number of hydrogen-bond donors (Lipinski definition) is 0. The van der Waals surface area contributed by atoms with Gasteiger partial charge in [-0.05, 0) is 42.2 Å². The number of rotatable bonds is 5. The van der Waals surface area contributed by atoms with Gasteiger partial charge in [0.25, 0.3) is 11.8 Å². The Morgan fingerprint density at radius 2 is 1.64 bits per heavy atom. The molecule has 5 nitrogen and oxygen atoms in total. The van der Waals surface area contributed by atoms with E-state index in [2.05, 4.69) is 0 Å². The van der Waals surface area contributed by atoms with Crippen molar-refractivity contribution in [2.75, 3.05) is 20.2 Å². The van der Waals surface area contributed by atoms with Crippen molar-refractivity contribution in [2.45, 2.75) is 19.4 Å². The molecule has 2 heterocycles. The minimum absolute atomic E-state index is 0.161. The van der Waals surface area contributed by atoms with E-state index in [4.69, 9.17) is 16.3 Å². The summed E-state index contributed by atoms with van der Waals surface area (Å²) >= 11 is 6.26. The minimum atomic E-state index is -0.281. The van der Waals surface area contributed by atoms with Crippen molar-refractivity contribution in [3.8, 4) is 5.75 Å². The third-order valence-electron chi connectivity index (χ3n) is 5.23. The molecule has 2 aromatic carbocycles. The molecule has 1 fully saturated rings. The van der Waals surface area contributed by atoms with Gasteiger partial charge >= 0.3 is 0 Å². The van der Waals surface area contributed by atoms with Crippen molar-refractivity contribution in [3.05, 3.63) is 70.4 Å². The lowest BCUT2D eigenvalue weighted by molar-refractivity contribution is -0.138. The van der Waals surface area contributed by atoms with Crippen molar-refractivity contribution in [2.24, 2.45) is 0 Å². The second kappa shape index (κ2) is 7.68. The van der Waals surface area contributed by atoms with Crippen LogP contribution in [0.1, 0.15) is 24.0 Å². The number of amides is 2. The molecular formula is C22H21ClN2O3. The molecule has 0 radical (unpaired) electrons. The van der Waals surface area contributed by atoms with E-state index in [0.717, 1.165) is 37.1 Å². The molecule has 2 aliphatic rings. The molecule has 0 bridgehead atoms. The zero-order valence-electron chi connectivity index (χ0n) is 15.7. The molecule has 0 saturated carbocycles. The molecule has 2 aromatic rings. The highest BCUT2D eigenvalue weighted by Gasteiger charge is 2.42. The number of nitrogens with zero attached hydrogens (tertiary/aromatic N) is 2. The number of imide groups is 1. The fourth-order valence-electron chi connectivity index (χ4n) is 3.76. The van der Waals surface area contributed by atoms with Gasteiger partial charge < -0.3 is 9.64 Å². The first-order valence-electron chi connectivity index (χ1n) is 9.33. The van der Waals surface area contributed by atoms with E-state index in [9.17, 15) is 9.59 Å². The first-order valence-corrected chi connectivity index (χ1v) is 9.71. The highest BCUT2D eigenvalue weighted by atomic mass is 35.5. The van der Waals surface area contributed by atoms with Crippen molar-refractivity contribution >= 4 is 29.0 Å². The average Bonchev–Trinajstić information content (AvgIpc) is 3.32. The number of carbonyl (C=O) groups is 2. The Morgan fingerprint density at radius 3 is 2.29 bits per heavy atom. The molecule has 6 heteroatoms. The Labute approximate surface area is 169 Å². The third kappa shape index (κ3) is 3.27. The molecule has 28 heavy (non-hydrogen) atoms. The van der Waals surface area contributed by atoms with Gasteiger partial charge in [0.05, 0.1) is 19.2 Å². The Hall–Kier alpha value is -2.79. The monoisotopic (exact) mass is 396 g/mol. The van der Waals surface area contributed by atoms with Gasteiger partial charge in [0.1, 0.15) is 11.4 Å². The van der Waals surface area contributed by atoms with Crippen LogP contribution in [0.2, 0.25) is 5.02 Å². The van der Waals surface area contributed by atoms with E-state index in [1.807, 2.05) is 35.2 Å². The second-order valence-corrected chi connectivity index (χ2v) is 7.34. The lowest BCUT2D eigenvalue weighted by atomic mass is 10.0. The number of hydrogen-bond acceptors (Lipinski definition) is 4. The third-order valence-corrected chi connectivity index (χ3v) is 5.60. The highest BCUT2D eigenvalue weighted by Crippen LogP contribution is 2.35. The maximum atomic E-state index is 13.3. The molecule has 2 aliphatic heterocycles. The summed E-state index contributed by atoms with van der Waals surface area (Å²) in [5.74, 6) is 0.173. The zero-order chi connectivity index (χ0) is 19.7. The van der Waals surface area contributed by atoms with E-state index < -0.39 is 0 Å². The largest absolute Gasteiger partial charge is 0.497 e. The predicted molar refractivity (Wildman–Crippen MR) is 108 cm³/mol. The normalized spacial score (nSPS) is 17.1. The van der Waals surface area contributed by atoms with Gasteiger partial charge in [-0.15, -0.1) is 0 Å². The highest BCUT2D eigenvalue weighted by molar-refractivity contribution is 6.35. The summed E-state index contributed by atoms with van der Waals surface area (Å²) in [5.41, 5.74) is 2.44. The Morgan fingerprint density at radius 1 is 0.964 bits per heavy atom. The van der Waals surface area contributed by atoms with Crippen molar-refractivity contribution < 1.29 is 14.3 Å². The molecular weight excluding hydrogens is 376 g/mol. The molecule has 144 valence electrons. The molecule has 0 aromatic heterocycles. The predicted octanol–water partition coefficient (Wildman–Crippen LogP) is 3.72. The van der Waals surface area contributed by atoms with Gasteiger partial charge in [0.15, 0.2) is 0 Å². The first kappa shape index (κ1) is 18.6. The minimum Gasteiger partial charge on any atom is -0.497 e. The molecule has 4 rings (SSSR count). The standard InChI is InChI=1S/C22H21ClN2O3/c1-28-17-10-8-15(9-11-17)19-20(24-12-4-5-13-24)22(27)25(21(19)26)14-16-6-2-3-7-18(16)23/h2-3,6-11H,4-5,12-14H2,1H3. The second-order valence-electron chi connectivity index (χ2n) is 6.93. The van der Waals surface area contributed by atoms with Crippen LogP contribution in [0.25, 0.3) is 5.57 Å². The summed E-state index contributed by atoms with van der Waals surface area (Å²) in [4.78, 5) is 29.9. The topological polar surface area (TPSA) is 49.9 Å². The number of ether oxygens (including phenoxy) is 1. The molecule has 0 unspecified atom stereocenters. The van der Waals surface area contributed by atoms with E-state index in [1.165, 1.54) is 4.90 Å². The Balaban J connectivity index is 1.73. The smallest absolute Gasteiger partial charge is 0.278 e. The lowest BCUT2D eigenvalue weighted by Gasteiger charge is -2.20. The van der Waals surface area contributed by atoms with Crippen LogP contribution in [-0.4, -0.2) is 41.8 Å². The summed E-state index contributed by atoms with van der Waals surface area (Å²) in [6.45, 7) is 1.73. The average molecular weight is 397 g/mol. The van der Waals surface area contributed by atoms with E-state index in [0.29, 0.717) is 22.0 Å². The summed E-state index contributed by atoms with van der Waals surface area (Å²) < 4.78 is 5.22. The van der Waals surface area contributed by atoms with Crippen LogP contribution in [-0.2, 0) is 16.1 Å². The number of likely N-dealkylation sites (tertiary alicyclic amines) is 1. The van der Waals surface area contributed by atoms with Crippen LogP contribution in [0, 0.1) is 0 Å². The van der Waals surface area contributed by atoms with E-state index >= 15 is 0 Å². The van der Waals surface area contributed by atoms with Crippen molar-refractivity contribution in [1.29, 1.82) is 0 Å². The first-order chi connectivity index (χ1) is 13.6. The van der Waals surface area contributed by atoms with Crippen LogP contribution < -0.4 is 4.74 Å². The van der Waals surface area contributed by atoms with Crippen molar-refractivity contribution in [3.63, 3.8) is 0 Å². The molecule has 2 amide bonds. The maximum absolute atomic E-state index is 13.3. The van der Waals surface area contributed by atoms with Gasteiger partial charge in [-0.1, -0.05) is 41.9 Å². The van der Waals surface area contributed by atoms with E-state index in [-0.39, 0.29) is 18.4 Å². The van der Waals surface area contributed by atoms with Crippen LogP contribution in [0.5, 0.6) is 5.75 Å². The maximum Gasteiger partial charge on any atom is 0.278 e. The Kier molecular flexibility index (Phi) is 5.09. The zero-order valence-corrected chi connectivity index (χ0v) is 16.4. The Bertz CT molecular complexity index is 947. The van der Waals surface area contributed by atoms with Crippen LogP contribution in [0.15, 0.2) is 54.2 Å². The van der Waals surface area contributed by atoms with Gasteiger partial charge in [-0.3, -0.25) is 14.5 Å². The summed E-state index contributed by atoms with van der Waals surface area (Å²) in [5, 5.41) is 0.545. The molecule has 1 saturated heterocycles. The van der Waals surface area contributed by atoms with Gasteiger partial charge in [0.2, 0.25) is 0 Å². The van der Waals surface area contributed by atoms with Crippen LogP contribution >= 0.6 is 11.6 Å². The number of carbonyl (C=O) groups excluding carboxylic acids is 2. The molecule has 0 spiro atoms. The van der Waals surface area contributed by atoms with Gasteiger partial charge in [0, 0.05) is 18.1 Å². The lowest BCUT2D eigenvalue weighted by Crippen LogP contribution is -2.34. The number of methoxy groups -OCH3 is 1. The van der Waals surface area contributed by atoms with Gasteiger partial charge in [-0.2, -0.15) is 0 Å². The molecule has 0 atom stereocenters. The SMILES string of the molecule is COc1ccc(C2=C(N3CCCC3)C(=O)N(Cc3ccccc3Cl)C2=O)cc1. The van der Waals surface area contributed by atoms with Gasteiger partial charge in [-0.25, -0.2) is 0 Å². The molecule has 0 N–H and O–H groups in total. The van der Waals surface area contributed by atoms with E-state index in [1.54, 1.807) is 25.3 Å². The summed E-state index contributed by atoms with van der Waals surface area (Å²) in [6, 6.07) is 14.5. The van der Waals surface area contributed by atoms with Crippen molar-refractivity contribution in [1.82, 2.24) is 9.80 Å². The fourth-order valence-corrected chi connectivity index (χ4v) is 3.95. The van der Waals surface area contributed by atoms with Crippen LogP contribution in [0.3, 0.4) is 0 Å². The summed E-state index contributed by atoms with van der Waals surface area (Å²) in [7, 11) is 1.60. The summed E-state index contributed by atoms with van der Waals surface area (Å²) in [6.07, 6.45) is 2.04. The number of halogens is 1. The fraction of sp³-hybridized carbons (Fsp3) is 0.273. The number of benzene rings is 2.